The summed E-state index contributed by atoms with van der Waals surface area (Å²) < 4.78 is 5.38. The highest BCUT2D eigenvalue weighted by Crippen LogP contribution is 2.21. The maximum absolute atomic E-state index is 11.9. The molecule has 0 unspecified atom stereocenters. The Hall–Kier alpha value is -2.39. The molecule has 0 saturated carbocycles. The third-order valence-corrected chi connectivity index (χ3v) is 4.92. The Bertz CT molecular complexity index is 912. The second-order valence-electron chi connectivity index (χ2n) is 6.96. The zero-order valence-electron chi connectivity index (χ0n) is 15.2. The lowest BCUT2D eigenvalue weighted by molar-refractivity contribution is -0.701. The molecule has 0 aliphatic heterocycles. The summed E-state index contributed by atoms with van der Waals surface area (Å²) in [7, 11) is 0. The summed E-state index contributed by atoms with van der Waals surface area (Å²) in [5.74, 6) is 0. The Labute approximate surface area is 148 Å². The molecular formula is C22H26NO2+. The monoisotopic (exact) mass is 336 g/mol. The van der Waals surface area contributed by atoms with Crippen molar-refractivity contribution in [3.05, 3.63) is 81.2 Å². The van der Waals surface area contributed by atoms with Crippen LogP contribution in [0.2, 0.25) is 0 Å². The third-order valence-electron chi connectivity index (χ3n) is 4.92. The lowest BCUT2D eigenvalue weighted by Crippen LogP contribution is -2.87. The van der Waals surface area contributed by atoms with Gasteiger partial charge in [-0.1, -0.05) is 30.3 Å². The molecule has 0 aliphatic rings. The van der Waals surface area contributed by atoms with Crippen LogP contribution in [0.25, 0.3) is 11.0 Å². The Kier molecular flexibility index (Phi) is 5.34. The first-order valence-corrected chi connectivity index (χ1v) is 8.94. The van der Waals surface area contributed by atoms with Crippen LogP contribution in [-0.2, 0) is 13.0 Å². The van der Waals surface area contributed by atoms with E-state index in [0.29, 0.717) is 11.6 Å². The van der Waals surface area contributed by atoms with Crippen molar-refractivity contribution in [3.8, 4) is 0 Å². The van der Waals surface area contributed by atoms with Gasteiger partial charge in [0.2, 0.25) is 0 Å². The van der Waals surface area contributed by atoms with E-state index >= 15 is 0 Å². The summed E-state index contributed by atoms with van der Waals surface area (Å²) in [6.07, 6.45) is 2.19. The quantitative estimate of drug-likeness (QED) is 0.700. The average molecular weight is 336 g/mol. The fraction of sp³-hybridized carbons (Fsp3) is 0.318. The standard InChI is InChI=1S/C22H25NO2/c1-15-11-20-19(13-22(24)25-21(20)12-16(15)2)14-23-17(3)9-10-18-7-5-4-6-8-18/h4-8,11-13,17,23H,9-10,14H2,1-3H3/p+1/t17-/m1/s1. The average Bonchev–Trinajstić information content (AvgIpc) is 2.60. The molecule has 1 atom stereocenters. The molecule has 0 spiro atoms. The first-order valence-electron chi connectivity index (χ1n) is 8.94. The summed E-state index contributed by atoms with van der Waals surface area (Å²) in [4.78, 5) is 11.9. The Morgan fingerprint density at radius 3 is 2.52 bits per heavy atom. The van der Waals surface area contributed by atoms with Crippen LogP contribution in [0.3, 0.4) is 0 Å². The molecule has 0 radical (unpaired) electrons. The van der Waals surface area contributed by atoms with Gasteiger partial charge in [-0.3, -0.25) is 0 Å². The van der Waals surface area contributed by atoms with Gasteiger partial charge < -0.3 is 9.73 Å². The largest absolute Gasteiger partial charge is 0.423 e. The number of benzene rings is 2. The van der Waals surface area contributed by atoms with Gasteiger partial charge in [0.1, 0.15) is 12.1 Å². The predicted octanol–water partition coefficient (Wildman–Crippen LogP) is 3.49. The molecule has 2 N–H and O–H groups in total. The molecule has 25 heavy (non-hydrogen) atoms. The molecule has 3 nitrogen and oxygen atoms in total. The number of hydrogen-bond acceptors (Lipinski definition) is 2. The molecule has 1 heterocycles. The number of nitrogens with two attached hydrogens (primary N) is 1. The molecule has 0 saturated heterocycles. The van der Waals surface area contributed by atoms with Gasteiger partial charge in [-0.15, -0.1) is 0 Å². The van der Waals surface area contributed by atoms with Crippen molar-refractivity contribution in [1.29, 1.82) is 0 Å². The highest BCUT2D eigenvalue weighted by atomic mass is 16.4. The fourth-order valence-electron chi connectivity index (χ4n) is 3.14. The van der Waals surface area contributed by atoms with Crippen LogP contribution in [0.5, 0.6) is 0 Å². The topological polar surface area (TPSA) is 46.8 Å². The van der Waals surface area contributed by atoms with Gasteiger partial charge in [0, 0.05) is 23.4 Å². The van der Waals surface area contributed by atoms with E-state index in [1.165, 1.54) is 11.1 Å². The van der Waals surface area contributed by atoms with Crippen molar-refractivity contribution in [1.82, 2.24) is 0 Å². The molecule has 0 fully saturated rings. The molecule has 0 aliphatic carbocycles. The predicted molar refractivity (Wildman–Crippen MR) is 102 cm³/mol. The van der Waals surface area contributed by atoms with E-state index in [2.05, 4.69) is 55.6 Å². The second kappa shape index (κ2) is 7.66. The highest BCUT2D eigenvalue weighted by molar-refractivity contribution is 5.81. The summed E-state index contributed by atoms with van der Waals surface area (Å²) >= 11 is 0. The molecule has 2 aromatic carbocycles. The number of rotatable bonds is 6. The van der Waals surface area contributed by atoms with E-state index in [1.807, 2.05) is 13.0 Å². The number of hydrogen-bond donors (Lipinski definition) is 1. The van der Waals surface area contributed by atoms with E-state index in [-0.39, 0.29) is 5.63 Å². The third kappa shape index (κ3) is 4.37. The van der Waals surface area contributed by atoms with Crippen LogP contribution in [0.4, 0.5) is 0 Å². The van der Waals surface area contributed by atoms with Crippen LogP contribution in [-0.4, -0.2) is 6.04 Å². The molecule has 130 valence electrons. The van der Waals surface area contributed by atoms with E-state index in [9.17, 15) is 4.79 Å². The second-order valence-corrected chi connectivity index (χ2v) is 6.96. The molecule has 1 aromatic heterocycles. The summed E-state index contributed by atoms with van der Waals surface area (Å²) in [5.41, 5.74) is 5.22. The van der Waals surface area contributed by atoms with Crippen molar-refractivity contribution in [2.75, 3.05) is 0 Å². The van der Waals surface area contributed by atoms with E-state index < -0.39 is 0 Å². The summed E-state index contributed by atoms with van der Waals surface area (Å²) in [5, 5.41) is 3.36. The number of quaternary nitrogens is 1. The summed E-state index contributed by atoms with van der Waals surface area (Å²) in [6.45, 7) is 7.17. The van der Waals surface area contributed by atoms with Crippen molar-refractivity contribution >= 4 is 11.0 Å². The van der Waals surface area contributed by atoms with Gasteiger partial charge in [0.05, 0.1) is 6.04 Å². The van der Waals surface area contributed by atoms with Gasteiger partial charge in [-0.25, -0.2) is 4.79 Å². The molecule has 3 aromatic rings. The van der Waals surface area contributed by atoms with Crippen LogP contribution in [0, 0.1) is 13.8 Å². The van der Waals surface area contributed by atoms with Gasteiger partial charge in [-0.2, -0.15) is 0 Å². The molecule has 0 bridgehead atoms. The SMILES string of the molecule is Cc1cc2oc(=O)cc(C[NH2+][C@H](C)CCc3ccccc3)c2cc1C. The number of aryl methyl sites for hydroxylation is 3. The van der Waals surface area contributed by atoms with Crippen LogP contribution >= 0.6 is 0 Å². The van der Waals surface area contributed by atoms with Gasteiger partial charge in [-0.05, 0) is 56.0 Å². The Balaban J connectivity index is 1.70. The first-order chi connectivity index (χ1) is 12.0. The minimum absolute atomic E-state index is 0.268. The lowest BCUT2D eigenvalue weighted by atomic mass is 10.0. The van der Waals surface area contributed by atoms with Gasteiger partial charge in [0.15, 0.2) is 0 Å². The number of fused-ring (bicyclic) bond motifs is 1. The zero-order chi connectivity index (χ0) is 17.8. The molecular weight excluding hydrogens is 310 g/mol. The summed E-state index contributed by atoms with van der Waals surface area (Å²) in [6, 6.07) is 16.8. The van der Waals surface area contributed by atoms with Crippen LogP contribution in [0.1, 0.15) is 35.6 Å². The normalized spacial score (nSPS) is 12.4. The molecule has 0 amide bonds. The fourth-order valence-corrected chi connectivity index (χ4v) is 3.14. The molecule has 3 rings (SSSR count). The molecule has 3 heteroatoms. The van der Waals surface area contributed by atoms with Crippen molar-refractivity contribution in [3.63, 3.8) is 0 Å². The Morgan fingerprint density at radius 2 is 1.76 bits per heavy atom. The minimum atomic E-state index is -0.268. The van der Waals surface area contributed by atoms with Crippen molar-refractivity contribution in [2.45, 2.75) is 46.2 Å². The van der Waals surface area contributed by atoms with Gasteiger partial charge in [0.25, 0.3) is 0 Å². The smallest absolute Gasteiger partial charge is 0.336 e. The Morgan fingerprint density at radius 1 is 1.04 bits per heavy atom. The maximum Gasteiger partial charge on any atom is 0.336 e. The first kappa shape index (κ1) is 17.4. The van der Waals surface area contributed by atoms with E-state index in [1.54, 1.807) is 6.07 Å². The minimum Gasteiger partial charge on any atom is -0.423 e. The van der Waals surface area contributed by atoms with Crippen LogP contribution < -0.4 is 10.9 Å². The van der Waals surface area contributed by atoms with E-state index in [4.69, 9.17) is 4.42 Å². The van der Waals surface area contributed by atoms with Gasteiger partial charge >= 0.3 is 5.63 Å². The van der Waals surface area contributed by atoms with Crippen molar-refractivity contribution < 1.29 is 9.73 Å². The highest BCUT2D eigenvalue weighted by Gasteiger charge is 2.11. The van der Waals surface area contributed by atoms with Crippen LogP contribution in [0.15, 0.2) is 57.7 Å². The lowest BCUT2D eigenvalue weighted by Gasteiger charge is -2.12. The van der Waals surface area contributed by atoms with E-state index in [0.717, 1.165) is 35.9 Å². The van der Waals surface area contributed by atoms with Crippen molar-refractivity contribution in [2.24, 2.45) is 0 Å². The maximum atomic E-state index is 11.9. The zero-order valence-corrected chi connectivity index (χ0v) is 15.2.